The number of benzene rings is 1. The van der Waals surface area contributed by atoms with Crippen LogP contribution in [0.3, 0.4) is 0 Å². The zero-order valence-electron chi connectivity index (χ0n) is 6.64. The largest absolute Gasteiger partial charge is 0.397 e. The topological polar surface area (TPSA) is 112 Å². The maximum atomic E-state index is 10.5. The Hall–Kier alpha value is -1.89. The Kier molecular flexibility index (Phi) is 2.52. The number of nitrogens with two attached hydrogens (primary N) is 1. The normalized spacial score (nSPS) is 9.79. The van der Waals surface area contributed by atoms with Crippen LogP contribution in [0.5, 0.6) is 0 Å². The van der Waals surface area contributed by atoms with Gasteiger partial charge in [-0.2, -0.15) is 0 Å². The fourth-order valence-electron chi connectivity index (χ4n) is 0.891. The minimum absolute atomic E-state index is 0.0658. The summed E-state index contributed by atoms with van der Waals surface area (Å²) in [6, 6.07) is 2.09. The molecule has 1 aromatic carbocycles. The Labute approximate surface area is 82.4 Å². The van der Waals surface area contributed by atoms with Gasteiger partial charge in [-0.25, -0.2) is 0 Å². The molecule has 7 nitrogen and oxygen atoms in total. The SMILES string of the molecule is Nc1ccc([N+](=O)[O-])c([N+](=O)[O-])c1Cl. The third kappa shape index (κ3) is 1.57. The van der Waals surface area contributed by atoms with E-state index >= 15 is 0 Å². The first-order valence-electron chi connectivity index (χ1n) is 3.32. The second-order valence-electron chi connectivity index (χ2n) is 2.35. The Morgan fingerprint density at radius 3 is 2.21 bits per heavy atom. The summed E-state index contributed by atoms with van der Waals surface area (Å²) < 4.78 is 0. The van der Waals surface area contributed by atoms with Crippen molar-refractivity contribution in [3.63, 3.8) is 0 Å². The van der Waals surface area contributed by atoms with Gasteiger partial charge in [0.2, 0.25) is 0 Å². The van der Waals surface area contributed by atoms with Crippen LogP contribution in [0.25, 0.3) is 0 Å². The zero-order chi connectivity index (χ0) is 10.9. The standard InChI is InChI=1S/C6H4ClN3O4/c7-5-3(8)1-2-4(9(11)12)6(5)10(13)14/h1-2H,8H2. The molecule has 0 aromatic heterocycles. The minimum Gasteiger partial charge on any atom is -0.397 e. The van der Waals surface area contributed by atoms with Gasteiger partial charge in [-0.15, -0.1) is 0 Å². The Morgan fingerprint density at radius 2 is 1.79 bits per heavy atom. The summed E-state index contributed by atoms with van der Waals surface area (Å²) in [7, 11) is 0. The smallest absolute Gasteiger partial charge is 0.366 e. The molecule has 0 bridgehead atoms. The van der Waals surface area contributed by atoms with Crippen LogP contribution in [-0.2, 0) is 0 Å². The highest BCUT2D eigenvalue weighted by atomic mass is 35.5. The van der Waals surface area contributed by atoms with Crippen molar-refractivity contribution < 1.29 is 9.85 Å². The number of nitrogens with zero attached hydrogens (tertiary/aromatic N) is 2. The molecule has 8 heteroatoms. The third-order valence-electron chi connectivity index (χ3n) is 1.50. The van der Waals surface area contributed by atoms with Gasteiger partial charge in [0.05, 0.1) is 15.5 Å². The number of nitrogen functional groups attached to an aromatic ring is 1. The van der Waals surface area contributed by atoms with E-state index < -0.39 is 26.2 Å². The van der Waals surface area contributed by atoms with Crippen molar-refractivity contribution in [2.24, 2.45) is 0 Å². The lowest BCUT2D eigenvalue weighted by Crippen LogP contribution is -1.99. The Morgan fingerprint density at radius 1 is 1.21 bits per heavy atom. The van der Waals surface area contributed by atoms with Gasteiger partial charge in [0.25, 0.3) is 0 Å². The van der Waals surface area contributed by atoms with Crippen LogP contribution in [-0.4, -0.2) is 9.85 Å². The Bertz CT molecular complexity index is 420. The van der Waals surface area contributed by atoms with Gasteiger partial charge in [0.1, 0.15) is 5.02 Å². The average molecular weight is 218 g/mol. The third-order valence-corrected chi connectivity index (χ3v) is 1.90. The van der Waals surface area contributed by atoms with E-state index in [2.05, 4.69) is 0 Å². The molecule has 0 amide bonds. The summed E-state index contributed by atoms with van der Waals surface area (Å²) in [6.07, 6.45) is 0. The van der Waals surface area contributed by atoms with Gasteiger partial charge < -0.3 is 5.73 Å². The number of anilines is 1. The average Bonchev–Trinajstić information content (AvgIpc) is 2.08. The van der Waals surface area contributed by atoms with Gasteiger partial charge in [-0.1, -0.05) is 11.6 Å². The summed E-state index contributed by atoms with van der Waals surface area (Å²) in [5, 5.41) is 20.4. The molecule has 0 saturated heterocycles. The number of hydrogen-bond acceptors (Lipinski definition) is 5. The first-order valence-corrected chi connectivity index (χ1v) is 3.69. The van der Waals surface area contributed by atoms with Crippen molar-refractivity contribution >= 4 is 28.7 Å². The molecule has 0 aliphatic heterocycles. The number of nitro benzene ring substituents is 2. The summed E-state index contributed by atoms with van der Waals surface area (Å²) >= 11 is 5.47. The van der Waals surface area contributed by atoms with Crippen LogP contribution in [0.15, 0.2) is 12.1 Å². The van der Waals surface area contributed by atoms with Crippen molar-refractivity contribution in [2.45, 2.75) is 0 Å². The van der Waals surface area contributed by atoms with E-state index in [1.54, 1.807) is 0 Å². The number of halogens is 1. The molecule has 0 saturated carbocycles. The van der Waals surface area contributed by atoms with E-state index in [4.69, 9.17) is 17.3 Å². The molecule has 0 radical (unpaired) electrons. The van der Waals surface area contributed by atoms with Crippen LogP contribution < -0.4 is 5.73 Å². The molecule has 0 heterocycles. The summed E-state index contributed by atoms with van der Waals surface area (Å²) in [4.78, 5) is 19.0. The molecular formula is C6H4ClN3O4. The van der Waals surface area contributed by atoms with Crippen molar-refractivity contribution in [1.82, 2.24) is 0 Å². The van der Waals surface area contributed by atoms with Crippen molar-refractivity contribution in [3.8, 4) is 0 Å². The highest BCUT2D eigenvalue weighted by molar-refractivity contribution is 6.35. The van der Waals surface area contributed by atoms with E-state index in [9.17, 15) is 20.2 Å². The first kappa shape index (κ1) is 10.2. The molecule has 0 spiro atoms. The predicted octanol–water partition coefficient (Wildman–Crippen LogP) is 1.74. The van der Waals surface area contributed by atoms with Crippen LogP contribution in [0, 0.1) is 20.2 Å². The Balaban J connectivity index is 3.53. The first-order chi connectivity index (χ1) is 6.45. The van der Waals surface area contributed by atoms with Gasteiger partial charge in [-0.05, 0) is 6.07 Å². The molecule has 2 N–H and O–H groups in total. The van der Waals surface area contributed by atoms with Crippen LogP contribution >= 0.6 is 11.6 Å². The molecule has 0 aliphatic carbocycles. The molecule has 0 fully saturated rings. The van der Waals surface area contributed by atoms with Crippen molar-refractivity contribution in [1.29, 1.82) is 0 Å². The molecule has 1 aromatic rings. The summed E-state index contributed by atoms with van der Waals surface area (Å²) in [5.74, 6) is 0. The molecule has 14 heavy (non-hydrogen) atoms. The second kappa shape index (κ2) is 3.46. The minimum atomic E-state index is -0.934. The molecule has 0 atom stereocenters. The fraction of sp³-hybridized carbons (Fsp3) is 0. The molecule has 1 rings (SSSR count). The van der Waals surface area contributed by atoms with E-state index in [1.807, 2.05) is 0 Å². The molecule has 74 valence electrons. The number of hydrogen-bond donors (Lipinski definition) is 1. The number of rotatable bonds is 2. The van der Waals surface area contributed by atoms with Crippen molar-refractivity contribution in [2.75, 3.05) is 5.73 Å². The van der Waals surface area contributed by atoms with Gasteiger partial charge in [0, 0.05) is 6.07 Å². The number of nitro groups is 2. The maximum absolute atomic E-state index is 10.5. The van der Waals surface area contributed by atoms with Gasteiger partial charge >= 0.3 is 11.4 Å². The van der Waals surface area contributed by atoms with E-state index in [1.165, 1.54) is 0 Å². The highest BCUT2D eigenvalue weighted by Crippen LogP contribution is 2.37. The molecule has 0 aliphatic rings. The van der Waals surface area contributed by atoms with E-state index in [0.717, 1.165) is 12.1 Å². The maximum Gasteiger partial charge on any atom is 0.366 e. The lowest BCUT2D eigenvalue weighted by molar-refractivity contribution is -0.422. The quantitative estimate of drug-likeness (QED) is 0.460. The summed E-state index contributed by atoms with van der Waals surface area (Å²) in [6.45, 7) is 0. The lowest BCUT2D eigenvalue weighted by atomic mass is 10.2. The molecule has 0 unspecified atom stereocenters. The van der Waals surface area contributed by atoms with Crippen LogP contribution in [0.1, 0.15) is 0 Å². The highest BCUT2D eigenvalue weighted by Gasteiger charge is 2.29. The zero-order valence-corrected chi connectivity index (χ0v) is 7.39. The summed E-state index contributed by atoms with van der Waals surface area (Å²) in [5.41, 5.74) is 3.75. The van der Waals surface area contributed by atoms with Crippen LogP contribution in [0.2, 0.25) is 5.02 Å². The second-order valence-corrected chi connectivity index (χ2v) is 2.73. The molecular weight excluding hydrogens is 214 g/mol. The van der Waals surface area contributed by atoms with Crippen molar-refractivity contribution in [3.05, 3.63) is 37.4 Å². The lowest BCUT2D eigenvalue weighted by Gasteiger charge is -1.99. The van der Waals surface area contributed by atoms with Gasteiger partial charge in [-0.3, -0.25) is 20.2 Å². The predicted molar refractivity (Wildman–Crippen MR) is 49.2 cm³/mol. The van der Waals surface area contributed by atoms with Gasteiger partial charge in [0.15, 0.2) is 0 Å². The van der Waals surface area contributed by atoms with Crippen LogP contribution in [0.4, 0.5) is 17.1 Å². The van der Waals surface area contributed by atoms with E-state index in [-0.39, 0.29) is 5.69 Å². The van der Waals surface area contributed by atoms with E-state index in [0.29, 0.717) is 0 Å². The monoisotopic (exact) mass is 217 g/mol. The fourth-order valence-corrected chi connectivity index (χ4v) is 1.12.